The largest absolute Gasteiger partial charge is 0.386 e. The van der Waals surface area contributed by atoms with Gasteiger partial charge in [0.05, 0.1) is 5.60 Å². The Morgan fingerprint density at radius 3 is 2.35 bits per heavy atom. The van der Waals surface area contributed by atoms with Gasteiger partial charge in [0.1, 0.15) is 0 Å². The van der Waals surface area contributed by atoms with E-state index < -0.39 is 5.60 Å². The molecule has 0 saturated carbocycles. The van der Waals surface area contributed by atoms with Gasteiger partial charge < -0.3 is 5.11 Å². The van der Waals surface area contributed by atoms with Crippen LogP contribution in [0.1, 0.15) is 71.2 Å². The third-order valence-corrected chi connectivity index (χ3v) is 4.10. The van der Waals surface area contributed by atoms with Crippen LogP contribution in [0.2, 0.25) is 0 Å². The molecular weight excluding hydrogens is 246 g/mol. The van der Waals surface area contributed by atoms with Crippen LogP contribution in [0.25, 0.3) is 0 Å². The Hall–Kier alpha value is -0.860. The minimum atomic E-state index is -0.745. The number of hydrogen-bond donors (Lipinski definition) is 1. The molecule has 1 aromatic carbocycles. The lowest BCUT2D eigenvalue weighted by molar-refractivity contribution is 0.0756. The third kappa shape index (κ3) is 3.42. The van der Waals surface area contributed by atoms with Crippen LogP contribution < -0.4 is 0 Å². The zero-order valence-corrected chi connectivity index (χ0v) is 14.2. The summed E-state index contributed by atoms with van der Waals surface area (Å²) in [6.45, 7) is 15.6. The molecule has 2 rings (SSSR count). The fourth-order valence-corrected chi connectivity index (χ4v) is 3.17. The summed E-state index contributed by atoms with van der Waals surface area (Å²) >= 11 is 0. The van der Waals surface area contributed by atoms with Crippen LogP contribution >= 0.6 is 0 Å². The van der Waals surface area contributed by atoms with Crippen molar-refractivity contribution >= 4 is 0 Å². The lowest BCUT2D eigenvalue weighted by Gasteiger charge is -2.40. The summed E-state index contributed by atoms with van der Waals surface area (Å²) in [5.41, 5.74) is 3.09. The van der Waals surface area contributed by atoms with Gasteiger partial charge in [-0.1, -0.05) is 32.0 Å². The highest BCUT2D eigenvalue weighted by Crippen LogP contribution is 2.36. The van der Waals surface area contributed by atoms with Crippen LogP contribution in [0.15, 0.2) is 18.2 Å². The molecule has 1 unspecified atom stereocenters. The molecule has 1 atom stereocenters. The second kappa shape index (κ2) is 6.73. The van der Waals surface area contributed by atoms with E-state index in [1.165, 1.54) is 11.1 Å². The van der Waals surface area contributed by atoms with Crippen LogP contribution in [0.5, 0.6) is 0 Å². The van der Waals surface area contributed by atoms with Crippen LogP contribution in [-0.4, -0.2) is 22.6 Å². The highest BCUT2D eigenvalue weighted by Gasteiger charge is 2.30. The summed E-state index contributed by atoms with van der Waals surface area (Å²) < 4.78 is 0. The molecule has 0 radical (unpaired) electrons. The van der Waals surface area contributed by atoms with Crippen molar-refractivity contribution in [2.75, 3.05) is 6.54 Å². The summed E-state index contributed by atoms with van der Waals surface area (Å²) in [6, 6.07) is 7.36. The maximum atomic E-state index is 10.3. The molecule has 1 aromatic rings. The predicted molar refractivity (Wildman–Crippen MR) is 87.0 cm³/mol. The molecule has 1 aliphatic heterocycles. The molecule has 0 amide bonds. The van der Waals surface area contributed by atoms with E-state index in [1.807, 2.05) is 27.7 Å². The van der Waals surface area contributed by atoms with Crippen molar-refractivity contribution in [3.63, 3.8) is 0 Å². The van der Waals surface area contributed by atoms with Gasteiger partial charge in [-0.2, -0.15) is 0 Å². The smallest absolute Gasteiger partial charge is 0.0843 e. The molecule has 0 aromatic heterocycles. The fourth-order valence-electron chi connectivity index (χ4n) is 3.17. The Morgan fingerprint density at radius 1 is 1.25 bits per heavy atom. The quantitative estimate of drug-likeness (QED) is 0.872. The van der Waals surface area contributed by atoms with Crippen molar-refractivity contribution in [2.24, 2.45) is 0 Å². The van der Waals surface area contributed by atoms with Gasteiger partial charge in [-0.25, -0.2) is 0 Å². The second-order valence-corrected chi connectivity index (χ2v) is 6.19. The summed E-state index contributed by atoms with van der Waals surface area (Å²) in [6.07, 6.45) is 1.04. The molecule has 0 spiro atoms. The van der Waals surface area contributed by atoms with Gasteiger partial charge in [0.25, 0.3) is 0 Å². The van der Waals surface area contributed by atoms with E-state index in [2.05, 4.69) is 43.9 Å². The molecule has 20 heavy (non-hydrogen) atoms. The first-order chi connectivity index (χ1) is 9.32. The predicted octanol–water partition coefficient (Wildman–Crippen LogP) is 4.27. The molecule has 0 aliphatic carbocycles. The van der Waals surface area contributed by atoms with Crippen molar-refractivity contribution in [3.8, 4) is 0 Å². The Morgan fingerprint density at radius 2 is 1.85 bits per heavy atom. The molecule has 0 fully saturated rings. The van der Waals surface area contributed by atoms with Gasteiger partial charge in [0.2, 0.25) is 0 Å². The van der Waals surface area contributed by atoms with Crippen LogP contribution in [0.4, 0.5) is 0 Å². The number of aliphatic hydroxyl groups is 1. The van der Waals surface area contributed by atoms with Crippen molar-refractivity contribution in [1.82, 2.24) is 4.90 Å². The Labute approximate surface area is 124 Å². The molecule has 0 bridgehead atoms. The van der Waals surface area contributed by atoms with Gasteiger partial charge >= 0.3 is 0 Å². The average molecular weight is 277 g/mol. The number of rotatable bonds is 2. The molecule has 1 aliphatic rings. The topological polar surface area (TPSA) is 23.5 Å². The molecule has 114 valence electrons. The summed E-state index contributed by atoms with van der Waals surface area (Å²) in [7, 11) is 0. The molecular formula is C18H31NO. The third-order valence-electron chi connectivity index (χ3n) is 4.10. The Balaban J connectivity index is 0.000000956. The van der Waals surface area contributed by atoms with Crippen LogP contribution in [-0.2, 0) is 12.0 Å². The first-order valence-electron chi connectivity index (χ1n) is 7.92. The lowest BCUT2D eigenvalue weighted by Crippen LogP contribution is -2.39. The fraction of sp³-hybridized carbons (Fsp3) is 0.667. The first-order valence-corrected chi connectivity index (χ1v) is 7.92. The van der Waals surface area contributed by atoms with Crippen molar-refractivity contribution in [2.45, 2.75) is 72.6 Å². The monoisotopic (exact) mass is 277 g/mol. The average Bonchev–Trinajstić information content (AvgIpc) is 2.39. The Bertz CT molecular complexity index is 432. The first kappa shape index (κ1) is 17.2. The zero-order valence-electron chi connectivity index (χ0n) is 14.2. The second-order valence-electron chi connectivity index (χ2n) is 6.19. The molecule has 2 nitrogen and oxygen atoms in total. The van der Waals surface area contributed by atoms with E-state index in [9.17, 15) is 5.11 Å². The highest BCUT2D eigenvalue weighted by molar-refractivity contribution is 5.41. The van der Waals surface area contributed by atoms with E-state index in [1.54, 1.807) is 0 Å². The minimum absolute atomic E-state index is 0.441. The van der Waals surface area contributed by atoms with E-state index in [-0.39, 0.29) is 0 Å². The van der Waals surface area contributed by atoms with Gasteiger partial charge in [-0.05, 0) is 57.7 Å². The van der Waals surface area contributed by atoms with Gasteiger partial charge in [0, 0.05) is 18.6 Å². The standard InChI is InChI=1S/C16H25NO.C2H6/c1-11(2)17-10-9-14-13(12(17)3)7-6-8-15(14)16(4,5)18;1-2/h6-8,11-12,18H,9-10H2,1-5H3;1-2H3. The normalized spacial score (nSPS) is 19.4. The number of hydrogen-bond acceptors (Lipinski definition) is 2. The SMILES string of the molecule is CC.CC(C)N1CCc2c(cccc2C(C)(C)O)C1C. The summed E-state index contributed by atoms with van der Waals surface area (Å²) in [5.74, 6) is 0. The highest BCUT2D eigenvalue weighted by atomic mass is 16.3. The number of fused-ring (bicyclic) bond motifs is 1. The molecule has 1 heterocycles. The van der Waals surface area contributed by atoms with E-state index in [0.717, 1.165) is 18.5 Å². The van der Waals surface area contributed by atoms with E-state index >= 15 is 0 Å². The van der Waals surface area contributed by atoms with Crippen molar-refractivity contribution in [3.05, 3.63) is 34.9 Å². The molecule has 1 N–H and O–H groups in total. The zero-order chi connectivity index (χ0) is 15.5. The van der Waals surface area contributed by atoms with Crippen LogP contribution in [0, 0.1) is 0 Å². The summed E-state index contributed by atoms with van der Waals surface area (Å²) in [5, 5.41) is 10.3. The van der Waals surface area contributed by atoms with Gasteiger partial charge in [-0.3, -0.25) is 4.90 Å². The Kier molecular flexibility index (Phi) is 5.79. The number of nitrogens with zero attached hydrogens (tertiary/aromatic N) is 1. The minimum Gasteiger partial charge on any atom is -0.386 e. The van der Waals surface area contributed by atoms with E-state index in [4.69, 9.17) is 0 Å². The van der Waals surface area contributed by atoms with E-state index in [0.29, 0.717) is 12.1 Å². The van der Waals surface area contributed by atoms with Crippen molar-refractivity contribution in [1.29, 1.82) is 0 Å². The molecule has 0 saturated heterocycles. The van der Waals surface area contributed by atoms with Gasteiger partial charge in [-0.15, -0.1) is 0 Å². The van der Waals surface area contributed by atoms with Crippen LogP contribution in [0.3, 0.4) is 0 Å². The van der Waals surface area contributed by atoms with Crippen molar-refractivity contribution < 1.29 is 5.11 Å². The summed E-state index contributed by atoms with van der Waals surface area (Å²) in [4.78, 5) is 2.52. The maximum Gasteiger partial charge on any atom is 0.0843 e. The lowest BCUT2D eigenvalue weighted by atomic mass is 9.83. The number of benzene rings is 1. The van der Waals surface area contributed by atoms with Gasteiger partial charge in [0.15, 0.2) is 0 Å². The maximum absolute atomic E-state index is 10.3. The molecule has 2 heteroatoms.